The molecule has 1 fully saturated rings. The summed E-state index contributed by atoms with van der Waals surface area (Å²) in [4.78, 5) is 6.98. The number of aromatic nitrogens is 1. The first-order valence-corrected chi connectivity index (χ1v) is 6.22. The van der Waals surface area contributed by atoms with Crippen molar-refractivity contribution in [3.05, 3.63) is 17.8 Å². The van der Waals surface area contributed by atoms with Crippen LogP contribution in [-0.4, -0.2) is 17.6 Å². The molecule has 1 aliphatic carbocycles. The number of unbranched alkanes of at least 4 members (excludes halogenated alkanes) is 1. The van der Waals surface area contributed by atoms with Crippen molar-refractivity contribution in [1.82, 2.24) is 4.98 Å². The first-order valence-electron chi connectivity index (χ1n) is 6.22. The van der Waals surface area contributed by atoms with Gasteiger partial charge in [0.05, 0.1) is 5.69 Å². The molecule has 1 aromatic heterocycles. The standard InChI is InChI=1S/C13H21N3/c1-3-4-9-16(11-6-7-11)13-12(14)8-5-10(2)15-13/h5,8,11H,3-4,6-7,9,14H2,1-2H3. The predicted molar refractivity (Wildman–Crippen MR) is 68.7 cm³/mol. The van der Waals surface area contributed by atoms with Gasteiger partial charge in [-0.05, 0) is 38.3 Å². The molecular formula is C13H21N3. The molecule has 0 saturated heterocycles. The Bertz CT molecular complexity index is 358. The highest BCUT2D eigenvalue weighted by Crippen LogP contribution is 2.33. The van der Waals surface area contributed by atoms with Crippen molar-refractivity contribution in [2.45, 2.75) is 45.6 Å². The van der Waals surface area contributed by atoms with Crippen LogP contribution in [-0.2, 0) is 0 Å². The fourth-order valence-corrected chi connectivity index (χ4v) is 1.96. The van der Waals surface area contributed by atoms with Gasteiger partial charge in [0.2, 0.25) is 0 Å². The Labute approximate surface area is 97.7 Å². The molecule has 0 aromatic carbocycles. The third kappa shape index (κ3) is 2.46. The summed E-state index contributed by atoms with van der Waals surface area (Å²) in [6, 6.07) is 4.63. The van der Waals surface area contributed by atoms with Gasteiger partial charge in [-0.25, -0.2) is 4.98 Å². The van der Waals surface area contributed by atoms with E-state index in [4.69, 9.17) is 5.73 Å². The Morgan fingerprint density at radius 3 is 2.81 bits per heavy atom. The Morgan fingerprint density at radius 2 is 2.19 bits per heavy atom. The molecule has 16 heavy (non-hydrogen) atoms. The van der Waals surface area contributed by atoms with E-state index in [2.05, 4.69) is 16.8 Å². The normalized spacial score (nSPS) is 15.1. The average Bonchev–Trinajstić information content (AvgIpc) is 3.08. The lowest BCUT2D eigenvalue weighted by atomic mass is 10.2. The van der Waals surface area contributed by atoms with Crippen molar-refractivity contribution < 1.29 is 0 Å². The predicted octanol–water partition coefficient (Wildman–Crippen LogP) is 2.74. The molecule has 1 heterocycles. The van der Waals surface area contributed by atoms with Crippen LogP contribution in [0.15, 0.2) is 12.1 Å². The fourth-order valence-electron chi connectivity index (χ4n) is 1.96. The highest BCUT2D eigenvalue weighted by Gasteiger charge is 2.30. The molecule has 1 aliphatic rings. The van der Waals surface area contributed by atoms with Crippen LogP contribution in [0.25, 0.3) is 0 Å². The van der Waals surface area contributed by atoms with E-state index in [9.17, 15) is 0 Å². The van der Waals surface area contributed by atoms with E-state index in [1.165, 1.54) is 25.7 Å². The first kappa shape index (κ1) is 11.2. The maximum atomic E-state index is 6.02. The Morgan fingerprint density at radius 1 is 1.44 bits per heavy atom. The molecule has 88 valence electrons. The number of aryl methyl sites for hydroxylation is 1. The SMILES string of the molecule is CCCCN(c1nc(C)ccc1N)C1CC1. The summed E-state index contributed by atoms with van der Waals surface area (Å²) in [5.74, 6) is 0.996. The summed E-state index contributed by atoms with van der Waals surface area (Å²) >= 11 is 0. The average molecular weight is 219 g/mol. The van der Waals surface area contributed by atoms with E-state index in [1.54, 1.807) is 0 Å². The Balaban J connectivity index is 2.19. The van der Waals surface area contributed by atoms with Crippen molar-refractivity contribution >= 4 is 11.5 Å². The number of rotatable bonds is 5. The van der Waals surface area contributed by atoms with Gasteiger partial charge in [0.15, 0.2) is 5.82 Å². The van der Waals surface area contributed by atoms with Crippen LogP contribution >= 0.6 is 0 Å². The fraction of sp³-hybridized carbons (Fsp3) is 0.615. The number of nitrogens with two attached hydrogens (primary N) is 1. The van der Waals surface area contributed by atoms with Gasteiger partial charge in [-0.2, -0.15) is 0 Å². The topological polar surface area (TPSA) is 42.2 Å². The van der Waals surface area contributed by atoms with E-state index >= 15 is 0 Å². The molecule has 1 aromatic rings. The molecule has 0 aliphatic heterocycles. The Hall–Kier alpha value is -1.25. The number of nitrogens with zero attached hydrogens (tertiary/aromatic N) is 2. The minimum absolute atomic E-state index is 0.683. The second kappa shape index (κ2) is 4.73. The molecule has 1 saturated carbocycles. The number of pyridine rings is 1. The molecule has 0 bridgehead atoms. The van der Waals surface area contributed by atoms with Crippen LogP contribution in [0.4, 0.5) is 11.5 Å². The smallest absolute Gasteiger partial charge is 0.152 e. The van der Waals surface area contributed by atoms with E-state index in [0.29, 0.717) is 6.04 Å². The van der Waals surface area contributed by atoms with Gasteiger partial charge in [-0.3, -0.25) is 0 Å². The summed E-state index contributed by atoms with van der Waals surface area (Å²) in [6.07, 6.45) is 5.01. The van der Waals surface area contributed by atoms with Gasteiger partial charge in [0.1, 0.15) is 0 Å². The van der Waals surface area contributed by atoms with Gasteiger partial charge < -0.3 is 10.6 Å². The number of hydrogen-bond donors (Lipinski definition) is 1. The van der Waals surface area contributed by atoms with Crippen LogP contribution in [0.5, 0.6) is 0 Å². The lowest BCUT2D eigenvalue weighted by Crippen LogP contribution is -2.28. The zero-order valence-corrected chi connectivity index (χ0v) is 10.2. The second-order valence-electron chi connectivity index (χ2n) is 4.64. The van der Waals surface area contributed by atoms with Crippen LogP contribution in [0.3, 0.4) is 0 Å². The zero-order chi connectivity index (χ0) is 11.5. The summed E-state index contributed by atoms with van der Waals surface area (Å²) in [6.45, 7) is 5.33. The summed E-state index contributed by atoms with van der Waals surface area (Å²) in [7, 11) is 0. The molecule has 2 rings (SSSR count). The monoisotopic (exact) mass is 219 g/mol. The summed E-state index contributed by atoms with van der Waals surface area (Å²) < 4.78 is 0. The number of hydrogen-bond acceptors (Lipinski definition) is 3. The van der Waals surface area contributed by atoms with Gasteiger partial charge in [-0.1, -0.05) is 13.3 Å². The maximum Gasteiger partial charge on any atom is 0.152 e. The number of anilines is 2. The van der Waals surface area contributed by atoms with Gasteiger partial charge in [-0.15, -0.1) is 0 Å². The highest BCUT2D eigenvalue weighted by molar-refractivity contribution is 5.63. The Kier molecular flexibility index (Phi) is 3.32. The summed E-state index contributed by atoms with van der Waals surface area (Å²) in [5.41, 5.74) is 7.88. The van der Waals surface area contributed by atoms with E-state index < -0.39 is 0 Å². The van der Waals surface area contributed by atoms with Crippen LogP contribution in [0.1, 0.15) is 38.3 Å². The van der Waals surface area contributed by atoms with E-state index in [0.717, 1.165) is 23.7 Å². The maximum absolute atomic E-state index is 6.02. The molecule has 0 spiro atoms. The van der Waals surface area contributed by atoms with Crippen molar-refractivity contribution in [3.63, 3.8) is 0 Å². The highest BCUT2D eigenvalue weighted by atomic mass is 15.2. The second-order valence-corrected chi connectivity index (χ2v) is 4.64. The molecule has 3 heteroatoms. The van der Waals surface area contributed by atoms with Gasteiger partial charge in [0.25, 0.3) is 0 Å². The van der Waals surface area contributed by atoms with Crippen LogP contribution in [0.2, 0.25) is 0 Å². The van der Waals surface area contributed by atoms with Crippen molar-refractivity contribution in [2.24, 2.45) is 0 Å². The van der Waals surface area contributed by atoms with Crippen molar-refractivity contribution in [1.29, 1.82) is 0 Å². The third-order valence-electron chi connectivity index (χ3n) is 3.06. The summed E-state index contributed by atoms with van der Waals surface area (Å²) in [5, 5.41) is 0. The van der Waals surface area contributed by atoms with Crippen molar-refractivity contribution in [2.75, 3.05) is 17.2 Å². The largest absolute Gasteiger partial charge is 0.396 e. The van der Waals surface area contributed by atoms with Crippen LogP contribution < -0.4 is 10.6 Å². The number of nitrogen functional groups attached to an aromatic ring is 1. The molecule has 3 nitrogen and oxygen atoms in total. The van der Waals surface area contributed by atoms with Gasteiger partial charge >= 0.3 is 0 Å². The zero-order valence-electron chi connectivity index (χ0n) is 10.2. The lowest BCUT2D eigenvalue weighted by molar-refractivity contribution is 0.704. The minimum Gasteiger partial charge on any atom is -0.396 e. The third-order valence-corrected chi connectivity index (χ3v) is 3.06. The lowest BCUT2D eigenvalue weighted by Gasteiger charge is -2.25. The molecule has 0 amide bonds. The minimum atomic E-state index is 0.683. The van der Waals surface area contributed by atoms with Crippen LogP contribution in [0, 0.1) is 6.92 Å². The molecular weight excluding hydrogens is 198 g/mol. The molecule has 0 unspecified atom stereocenters. The molecule has 0 atom stereocenters. The van der Waals surface area contributed by atoms with E-state index in [1.807, 2.05) is 19.1 Å². The molecule has 0 radical (unpaired) electrons. The van der Waals surface area contributed by atoms with Crippen molar-refractivity contribution in [3.8, 4) is 0 Å². The van der Waals surface area contributed by atoms with Gasteiger partial charge in [0, 0.05) is 18.3 Å². The molecule has 2 N–H and O–H groups in total. The quantitative estimate of drug-likeness (QED) is 0.828. The first-order chi connectivity index (χ1) is 7.72. The van der Waals surface area contributed by atoms with E-state index in [-0.39, 0.29) is 0 Å².